The Kier molecular flexibility index (Phi) is 2.57. The van der Waals surface area contributed by atoms with Gasteiger partial charge in [0, 0.05) is 43.0 Å². The van der Waals surface area contributed by atoms with Crippen LogP contribution in [-0.4, -0.2) is 24.7 Å². The van der Waals surface area contributed by atoms with Crippen molar-refractivity contribution in [3.8, 4) is 22.8 Å². The van der Waals surface area contributed by atoms with Crippen LogP contribution in [-0.2, 0) is 7.05 Å². The highest BCUT2D eigenvalue weighted by Gasteiger charge is 2.10. The van der Waals surface area contributed by atoms with Gasteiger partial charge >= 0.3 is 0 Å². The molecule has 5 heteroatoms. The lowest BCUT2D eigenvalue weighted by Crippen LogP contribution is -1.94. The van der Waals surface area contributed by atoms with Gasteiger partial charge in [-0.25, -0.2) is 9.67 Å². The van der Waals surface area contributed by atoms with Crippen LogP contribution in [0.2, 0.25) is 0 Å². The molecule has 0 unspecified atom stereocenters. The summed E-state index contributed by atoms with van der Waals surface area (Å²) in [6.07, 6.45) is 6.98. The standard InChI is InChI=1S/C13H11N5/c1-18-13(11-3-2-6-15-9-11)16-12(17-18)10-4-7-14-8-5-10/h2-9H,1H3. The first kappa shape index (κ1) is 10.6. The van der Waals surface area contributed by atoms with Gasteiger partial charge < -0.3 is 0 Å². The lowest BCUT2D eigenvalue weighted by Gasteiger charge is -1.97. The molecule has 3 aromatic rings. The van der Waals surface area contributed by atoms with Crippen molar-refractivity contribution in [2.75, 3.05) is 0 Å². The topological polar surface area (TPSA) is 56.5 Å². The summed E-state index contributed by atoms with van der Waals surface area (Å²) in [5.74, 6) is 1.49. The number of hydrogen-bond acceptors (Lipinski definition) is 4. The fraction of sp³-hybridized carbons (Fsp3) is 0.0769. The van der Waals surface area contributed by atoms with Crippen LogP contribution in [0.25, 0.3) is 22.8 Å². The molecule has 0 amide bonds. The zero-order valence-electron chi connectivity index (χ0n) is 9.85. The van der Waals surface area contributed by atoms with Gasteiger partial charge in [-0.3, -0.25) is 9.97 Å². The summed E-state index contributed by atoms with van der Waals surface area (Å²) in [4.78, 5) is 12.6. The van der Waals surface area contributed by atoms with E-state index in [-0.39, 0.29) is 0 Å². The number of aryl methyl sites for hydroxylation is 1. The van der Waals surface area contributed by atoms with Crippen LogP contribution >= 0.6 is 0 Å². The number of nitrogens with zero attached hydrogens (tertiary/aromatic N) is 5. The van der Waals surface area contributed by atoms with E-state index in [4.69, 9.17) is 0 Å². The number of aromatic nitrogens is 5. The maximum atomic E-state index is 4.53. The highest BCUT2D eigenvalue weighted by Crippen LogP contribution is 2.20. The fourth-order valence-corrected chi connectivity index (χ4v) is 1.75. The first-order chi connectivity index (χ1) is 8.84. The molecule has 5 nitrogen and oxygen atoms in total. The van der Waals surface area contributed by atoms with E-state index in [1.54, 1.807) is 29.5 Å². The van der Waals surface area contributed by atoms with Crippen molar-refractivity contribution in [1.29, 1.82) is 0 Å². The average Bonchev–Trinajstić information content (AvgIpc) is 2.83. The summed E-state index contributed by atoms with van der Waals surface area (Å²) in [7, 11) is 1.88. The molecule has 0 spiro atoms. The lowest BCUT2D eigenvalue weighted by molar-refractivity contribution is 0.777. The molecule has 0 radical (unpaired) electrons. The largest absolute Gasteiger partial charge is 0.265 e. The highest BCUT2D eigenvalue weighted by atomic mass is 15.3. The van der Waals surface area contributed by atoms with Crippen LogP contribution in [0.15, 0.2) is 49.1 Å². The predicted molar refractivity (Wildman–Crippen MR) is 67.5 cm³/mol. The van der Waals surface area contributed by atoms with Crippen LogP contribution in [0.3, 0.4) is 0 Å². The molecule has 0 bridgehead atoms. The molecule has 0 aliphatic rings. The Labute approximate surface area is 104 Å². The van der Waals surface area contributed by atoms with Crippen LogP contribution < -0.4 is 0 Å². The molecular formula is C13H11N5. The maximum Gasteiger partial charge on any atom is 0.181 e. The first-order valence-corrected chi connectivity index (χ1v) is 5.56. The van der Waals surface area contributed by atoms with Gasteiger partial charge in [-0.1, -0.05) is 0 Å². The molecule has 0 atom stereocenters. The Morgan fingerprint density at radius 2 is 1.78 bits per heavy atom. The molecule has 88 valence electrons. The van der Waals surface area contributed by atoms with Crippen molar-refractivity contribution < 1.29 is 0 Å². The Morgan fingerprint density at radius 3 is 2.50 bits per heavy atom. The zero-order chi connectivity index (χ0) is 12.4. The van der Waals surface area contributed by atoms with Crippen molar-refractivity contribution in [3.05, 3.63) is 49.1 Å². The summed E-state index contributed by atoms with van der Waals surface area (Å²) < 4.78 is 1.76. The van der Waals surface area contributed by atoms with Gasteiger partial charge in [0.2, 0.25) is 0 Å². The van der Waals surface area contributed by atoms with Crippen LogP contribution in [0.1, 0.15) is 0 Å². The summed E-state index contributed by atoms with van der Waals surface area (Å²) >= 11 is 0. The van der Waals surface area contributed by atoms with Gasteiger partial charge in [0.15, 0.2) is 11.6 Å². The smallest absolute Gasteiger partial charge is 0.181 e. The molecule has 3 aromatic heterocycles. The van der Waals surface area contributed by atoms with E-state index in [0.717, 1.165) is 17.0 Å². The van der Waals surface area contributed by atoms with Gasteiger partial charge in [-0.05, 0) is 24.3 Å². The molecule has 3 heterocycles. The fourth-order valence-electron chi connectivity index (χ4n) is 1.75. The van der Waals surface area contributed by atoms with E-state index >= 15 is 0 Å². The van der Waals surface area contributed by atoms with E-state index < -0.39 is 0 Å². The Balaban J connectivity index is 2.07. The molecule has 0 saturated carbocycles. The molecule has 0 fully saturated rings. The summed E-state index contributed by atoms with van der Waals surface area (Å²) in [6.45, 7) is 0. The molecule has 0 N–H and O–H groups in total. The second kappa shape index (κ2) is 4.37. The lowest BCUT2D eigenvalue weighted by atomic mass is 10.2. The van der Waals surface area contributed by atoms with Crippen molar-refractivity contribution in [2.24, 2.45) is 7.05 Å². The number of rotatable bonds is 2. The van der Waals surface area contributed by atoms with Gasteiger partial charge in [-0.2, -0.15) is 5.10 Å². The van der Waals surface area contributed by atoms with Crippen LogP contribution in [0.4, 0.5) is 0 Å². The van der Waals surface area contributed by atoms with Gasteiger partial charge in [0.05, 0.1) is 0 Å². The summed E-state index contributed by atoms with van der Waals surface area (Å²) in [5.41, 5.74) is 1.91. The quantitative estimate of drug-likeness (QED) is 0.683. The number of hydrogen-bond donors (Lipinski definition) is 0. The average molecular weight is 237 g/mol. The second-order valence-corrected chi connectivity index (χ2v) is 3.86. The van der Waals surface area contributed by atoms with Crippen molar-refractivity contribution in [1.82, 2.24) is 24.7 Å². The Bertz CT molecular complexity index is 646. The Morgan fingerprint density at radius 1 is 0.944 bits per heavy atom. The minimum absolute atomic E-state index is 0.693. The third-order valence-corrected chi connectivity index (χ3v) is 2.62. The minimum Gasteiger partial charge on any atom is -0.265 e. The van der Waals surface area contributed by atoms with Gasteiger partial charge in [0.25, 0.3) is 0 Å². The van der Waals surface area contributed by atoms with E-state index in [1.165, 1.54) is 0 Å². The molecule has 0 aromatic carbocycles. The van der Waals surface area contributed by atoms with Crippen molar-refractivity contribution in [2.45, 2.75) is 0 Å². The molecule has 0 saturated heterocycles. The highest BCUT2D eigenvalue weighted by molar-refractivity contribution is 5.60. The molecule has 3 rings (SSSR count). The van der Waals surface area contributed by atoms with E-state index in [2.05, 4.69) is 20.1 Å². The maximum absolute atomic E-state index is 4.53. The third kappa shape index (κ3) is 1.86. The minimum atomic E-state index is 0.693. The predicted octanol–water partition coefficient (Wildman–Crippen LogP) is 1.94. The van der Waals surface area contributed by atoms with Gasteiger partial charge in [-0.15, -0.1) is 0 Å². The van der Waals surface area contributed by atoms with Crippen LogP contribution in [0, 0.1) is 0 Å². The molecule has 0 aliphatic carbocycles. The van der Waals surface area contributed by atoms with E-state index in [9.17, 15) is 0 Å². The molecular weight excluding hydrogens is 226 g/mol. The van der Waals surface area contributed by atoms with E-state index in [0.29, 0.717) is 5.82 Å². The second-order valence-electron chi connectivity index (χ2n) is 3.86. The Hall–Kier alpha value is -2.56. The van der Waals surface area contributed by atoms with E-state index in [1.807, 2.05) is 31.3 Å². The third-order valence-electron chi connectivity index (χ3n) is 2.62. The van der Waals surface area contributed by atoms with Gasteiger partial charge in [0.1, 0.15) is 0 Å². The first-order valence-electron chi connectivity index (χ1n) is 5.56. The van der Waals surface area contributed by atoms with Crippen molar-refractivity contribution in [3.63, 3.8) is 0 Å². The normalized spacial score (nSPS) is 10.5. The molecule has 0 aliphatic heterocycles. The number of pyridine rings is 2. The monoisotopic (exact) mass is 237 g/mol. The summed E-state index contributed by atoms with van der Waals surface area (Å²) in [5, 5.41) is 4.41. The summed E-state index contributed by atoms with van der Waals surface area (Å²) in [6, 6.07) is 7.63. The van der Waals surface area contributed by atoms with Crippen LogP contribution in [0.5, 0.6) is 0 Å². The molecule has 18 heavy (non-hydrogen) atoms. The van der Waals surface area contributed by atoms with Crippen molar-refractivity contribution >= 4 is 0 Å². The zero-order valence-corrected chi connectivity index (χ0v) is 9.85. The SMILES string of the molecule is Cn1nc(-c2ccncc2)nc1-c1cccnc1.